The molecular formula is C54H48BBrLiO2. The van der Waals surface area contributed by atoms with Crippen LogP contribution in [-0.4, -0.2) is 12.7 Å². The molecule has 0 aliphatic heterocycles. The molecule has 1 radical (unpaired) electrons. The van der Waals surface area contributed by atoms with E-state index in [9.17, 15) is 0 Å². The molecule has 10 rings (SSSR count). The molecule has 0 heterocycles. The fraction of sp³-hybridized carbons (Fsp3) is 0.167. The van der Waals surface area contributed by atoms with E-state index in [1.54, 1.807) is 0 Å². The van der Waals surface area contributed by atoms with Gasteiger partial charge in [-0.25, -0.2) is 0 Å². The van der Waals surface area contributed by atoms with Gasteiger partial charge >= 0.3 is 26.5 Å². The zero-order valence-electron chi connectivity index (χ0n) is 34.9. The second-order valence-electron chi connectivity index (χ2n) is 16.4. The summed E-state index contributed by atoms with van der Waals surface area (Å²) in [5.41, 5.74) is 15.5. The van der Waals surface area contributed by atoms with Crippen molar-refractivity contribution in [2.45, 2.75) is 58.3 Å². The quantitative estimate of drug-likeness (QED) is 0.138. The molecule has 0 spiro atoms. The second-order valence-corrected chi connectivity index (χ2v) is 17.3. The molecule has 59 heavy (non-hydrogen) atoms. The van der Waals surface area contributed by atoms with Gasteiger partial charge in [-0.2, -0.15) is 6.42 Å². The Labute approximate surface area is 371 Å². The van der Waals surface area contributed by atoms with Gasteiger partial charge in [-0.1, -0.05) is 166 Å². The van der Waals surface area contributed by atoms with E-state index in [0.717, 1.165) is 18.6 Å². The largest absolute Gasteiger partial charge is 1.00 e. The normalized spacial score (nSPS) is 13.4. The first-order chi connectivity index (χ1) is 28.0. The van der Waals surface area contributed by atoms with Crippen LogP contribution >= 0.6 is 15.9 Å². The molecule has 8 aromatic rings. The summed E-state index contributed by atoms with van der Waals surface area (Å²) >= 11 is 3.64. The predicted molar refractivity (Wildman–Crippen MR) is 250 cm³/mol. The van der Waals surface area contributed by atoms with Crippen LogP contribution in [0.4, 0.5) is 0 Å². The van der Waals surface area contributed by atoms with E-state index in [0.29, 0.717) is 5.75 Å². The van der Waals surface area contributed by atoms with Crippen molar-refractivity contribution in [3.63, 3.8) is 0 Å². The smallest absolute Gasteiger partial charge is 0.537 e. The van der Waals surface area contributed by atoms with Gasteiger partial charge < -0.3 is 16.6 Å². The van der Waals surface area contributed by atoms with Crippen molar-refractivity contribution in [2.75, 3.05) is 0 Å². The summed E-state index contributed by atoms with van der Waals surface area (Å²) in [6.45, 7) is 14.9. The maximum Gasteiger partial charge on any atom is 1.00 e. The van der Waals surface area contributed by atoms with Gasteiger partial charge in [-0.15, -0.1) is 0 Å². The molecule has 2 nitrogen and oxygen atoms in total. The molecule has 8 aromatic carbocycles. The molecule has 0 saturated heterocycles. The Morgan fingerprint density at radius 1 is 0.508 bits per heavy atom. The second kappa shape index (κ2) is 17.4. The summed E-state index contributed by atoms with van der Waals surface area (Å²) in [5, 5.41) is 14.1. The van der Waals surface area contributed by atoms with Crippen LogP contribution in [0.3, 0.4) is 0 Å². The number of fused-ring (bicyclic) bond motifs is 8. The SMILES string of the molecule is CC1(C)c2cc(Br)ccc2-c2ccc(-c3ccc4ccccc4c3)cc21.CC1(C)c2cc(O[B]O)ccc2-c2ccc(-c3ccc4ccccc4c3)cc21.[CH2-]CCC.[Li+]. The third-order valence-corrected chi connectivity index (χ3v) is 12.5. The van der Waals surface area contributed by atoms with Crippen molar-refractivity contribution in [1.82, 2.24) is 0 Å². The third kappa shape index (κ3) is 8.10. The zero-order chi connectivity index (χ0) is 40.6. The van der Waals surface area contributed by atoms with Gasteiger partial charge in [0.2, 0.25) is 0 Å². The number of benzene rings is 8. The predicted octanol–water partition coefficient (Wildman–Crippen LogP) is 11.9. The number of hydrogen-bond donors (Lipinski definition) is 1. The van der Waals surface area contributed by atoms with E-state index >= 15 is 0 Å². The Kier molecular flexibility index (Phi) is 12.5. The summed E-state index contributed by atoms with van der Waals surface area (Å²) in [6, 6.07) is 56.7. The molecule has 1 N–H and O–H groups in total. The first kappa shape index (κ1) is 42.3. The van der Waals surface area contributed by atoms with Gasteiger partial charge in [0.15, 0.2) is 0 Å². The van der Waals surface area contributed by atoms with Crippen molar-refractivity contribution in [2.24, 2.45) is 0 Å². The van der Waals surface area contributed by atoms with Crippen LogP contribution in [0.2, 0.25) is 0 Å². The standard InChI is InChI=1S/C25H20BO2.C25H19Br.C4H9.Li/c1-25(2)23-14-19(18-8-7-16-5-3-4-6-17(16)13-18)9-11-21(23)22-12-10-20(28-26-27)15-24(22)25;1-25(2)23-14-19(18-8-7-16-5-3-4-6-17(16)13-18)9-11-21(23)22-12-10-20(26)15-24(22)25;1-3-4-2;/h3-15,27H,1-2H3;3-15H,1-2H3;1,3-4H2,2H3;/q;;-1;+1. The number of unbranched alkanes of at least 4 members (excludes halogenated alkanes) is 1. The van der Waals surface area contributed by atoms with E-state index in [1.807, 2.05) is 12.1 Å². The third-order valence-electron chi connectivity index (χ3n) is 12.0. The Bertz CT molecular complexity index is 2800. The topological polar surface area (TPSA) is 29.5 Å². The Morgan fingerprint density at radius 3 is 1.34 bits per heavy atom. The van der Waals surface area contributed by atoms with E-state index in [2.05, 4.69) is 203 Å². The molecule has 0 saturated carbocycles. The molecular weight excluding hydrogens is 778 g/mol. The Balaban J connectivity index is 0.000000162. The molecule has 0 amide bonds. The summed E-state index contributed by atoms with van der Waals surface area (Å²) in [4.78, 5) is 0. The van der Waals surface area contributed by atoms with E-state index in [1.165, 1.54) is 94.7 Å². The van der Waals surface area contributed by atoms with Gasteiger partial charge in [-0.05, 0) is 137 Å². The van der Waals surface area contributed by atoms with Crippen molar-refractivity contribution in [3.8, 4) is 50.3 Å². The fourth-order valence-electron chi connectivity index (χ4n) is 8.66. The zero-order valence-corrected chi connectivity index (χ0v) is 36.5. The van der Waals surface area contributed by atoms with E-state index in [-0.39, 0.29) is 29.7 Å². The van der Waals surface area contributed by atoms with Gasteiger partial charge in [0, 0.05) is 15.3 Å². The minimum Gasteiger partial charge on any atom is -0.537 e. The Hall–Kier alpha value is -4.82. The average Bonchev–Trinajstić information content (AvgIpc) is 3.61. The van der Waals surface area contributed by atoms with Crippen LogP contribution < -0.4 is 23.5 Å². The summed E-state index contributed by atoms with van der Waals surface area (Å²) in [7, 11) is 0.731. The van der Waals surface area contributed by atoms with Gasteiger partial charge in [0.25, 0.3) is 0 Å². The minimum absolute atomic E-state index is 0. The molecule has 2 aliphatic carbocycles. The van der Waals surface area contributed by atoms with Gasteiger partial charge in [0.1, 0.15) is 5.75 Å². The van der Waals surface area contributed by atoms with Crippen molar-refractivity contribution in [3.05, 3.63) is 191 Å². The van der Waals surface area contributed by atoms with Crippen molar-refractivity contribution >= 4 is 45.2 Å². The van der Waals surface area contributed by atoms with Gasteiger partial charge in [-0.3, -0.25) is 0 Å². The van der Waals surface area contributed by atoms with Crippen LogP contribution in [0.15, 0.2) is 162 Å². The number of rotatable bonds is 5. The molecule has 0 unspecified atom stereocenters. The first-order valence-corrected chi connectivity index (χ1v) is 21.0. The molecule has 2 aliphatic rings. The number of halogens is 1. The first-order valence-electron chi connectivity index (χ1n) is 20.2. The minimum atomic E-state index is -0.133. The molecule has 5 heteroatoms. The molecule has 0 aromatic heterocycles. The van der Waals surface area contributed by atoms with Crippen LogP contribution in [0, 0.1) is 6.92 Å². The average molecular weight is 827 g/mol. The van der Waals surface area contributed by atoms with Crippen molar-refractivity contribution < 1.29 is 28.5 Å². The monoisotopic (exact) mass is 825 g/mol. The van der Waals surface area contributed by atoms with E-state index < -0.39 is 0 Å². The van der Waals surface area contributed by atoms with Crippen molar-refractivity contribution in [1.29, 1.82) is 0 Å². The molecule has 0 fully saturated rings. The fourth-order valence-corrected chi connectivity index (χ4v) is 9.02. The molecule has 0 atom stereocenters. The summed E-state index contributed by atoms with van der Waals surface area (Å²) in [5.74, 6) is 0.650. The maximum absolute atomic E-state index is 8.96. The summed E-state index contributed by atoms with van der Waals surface area (Å²) in [6.07, 6.45) is 2.28. The van der Waals surface area contributed by atoms with Crippen LogP contribution in [-0.2, 0) is 10.8 Å². The Morgan fingerprint density at radius 2 is 0.881 bits per heavy atom. The van der Waals surface area contributed by atoms with Crippen LogP contribution in [0.5, 0.6) is 5.75 Å². The van der Waals surface area contributed by atoms with Crippen LogP contribution in [0.25, 0.3) is 66.1 Å². The number of hydrogen-bond acceptors (Lipinski definition) is 2. The molecule has 0 bridgehead atoms. The van der Waals surface area contributed by atoms with E-state index in [4.69, 9.17) is 9.68 Å². The van der Waals surface area contributed by atoms with Gasteiger partial charge in [0.05, 0.1) is 0 Å². The summed E-state index contributed by atoms with van der Waals surface area (Å²) < 4.78 is 6.33. The van der Waals surface area contributed by atoms with Crippen LogP contribution in [0.1, 0.15) is 69.7 Å². The molecule has 287 valence electrons. The maximum atomic E-state index is 8.96.